The van der Waals surface area contributed by atoms with Crippen LogP contribution in [0.1, 0.15) is 18.9 Å². The topological polar surface area (TPSA) is 49.9 Å². The summed E-state index contributed by atoms with van der Waals surface area (Å²) < 4.78 is 34.4. The van der Waals surface area contributed by atoms with Crippen LogP contribution in [0.25, 0.3) is 10.8 Å². The van der Waals surface area contributed by atoms with E-state index in [1.165, 1.54) is 5.56 Å². The van der Waals surface area contributed by atoms with Crippen molar-refractivity contribution in [2.24, 2.45) is 0 Å². The van der Waals surface area contributed by atoms with E-state index in [4.69, 9.17) is 4.74 Å². The Morgan fingerprint density at radius 3 is 2.20 bits per heavy atom. The first-order valence-corrected chi connectivity index (χ1v) is 11.9. The second-order valence-corrected chi connectivity index (χ2v) is 9.53. The third-order valence-corrected chi connectivity index (χ3v) is 7.46. The van der Waals surface area contributed by atoms with Crippen molar-refractivity contribution in [1.82, 2.24) is 9.21 Å². The Balaban J connectivity index is 1.54. The van der Waals surface area contributed by atoms with Gasteiger partial charge in [-0.25, -0.2) is 8.42 Å². The highest BCUT2D eigenvalue weighted by atomic mass is 32.2. The van der Waals surface area contributed by atoms with Gasteiger partial charge in [-0.15, -0.1) is 0 Å². The van der Waals surface area contributed by atoms with Crippen molar-refractivity contribution in [1.29, 1.82) is 0 Å². The van der Waals surface area contributed by atoms with E-state index in [2.05, 4.69) is 24.0 Å². The summed E-state index contributed by atoms with van der Waals surface area (Å²) in [6.45, 7) is 5.96. The third-order valence-electron chi connectivity index (χ3n) is 5.50. The fourth-order valence-corrected chi connectivity index (χ4v) is 5.53. The lowest BCUT2D eigenvalue weighted by atomic mass is 10.1. The van der Waals surface area contributed by atoms with Gasteiger partial charge in [0.25, 0.3) is 0 Å². The molecule has 1 aliphatic rings. The van der Waals surface area contributed by atoms with Crippen molar-refractivity contribution in [3.63, 3.8) is 0 Å². The Bertz CT molecular complexity index is 1090. The van der Waals surface area contributed by atoms with Crippen LogP contribution >= 0.6 is 0 Å². The third kappa shape index (κ3) is 4.36. The van der Waals surface area contributed by atoms with Gasteiger partial charge in [0.05, 0.1) is 11.5 Å². The van der Waals surface area contributed by atoms with Crippen LogP contribution in [0.15, 0.2) is 71.6 Å². The van der Waals surface area contributed by atoms with E-state index >= 15 is 0 Å². The van der Waals surface area contributed by atoms with Crippen molar-refractivity contribution in [3.05, 3.63) is 72.3 Å². The summed E-state index contributed by atoms with van der Waals surface area (Å²) in [7, 11) is -3.57. The Labute approximate surface area is 178 Å². The molecule has 3 aromatic rings. The minimum absolute atomic E-state index is 0.360. The zero-order valence-corrected chi connectivity index (χ0v) is 18.1. The lowest BCUT2D eigenvalue weighted by Gasteiger charge is -2.34. The molecule has 0 bridgehead atoms. The molecule has 0 amide bonds. The van der Waals surface area contributed by atoms with Crippen molar-refractivity contribution < 1.29 is 13.2 Å². The molecule has 0 aromatic heterocycles. The average Bonchev–Trinajstić information content (AvgIpc) is 2.78. The van der Waals surface area contributed by atoms with Gasteiger partial charge in [0, 0.05) is 43.5 Å². The molecule has 0 radical (unpaired) electrons. The minimum atomic E-state index is -3.57. The van der Waals surface area contributed by atoms with Crippen molar-refractivity contribution in [2.45, 2.75) is 24.8 Å². The van der Waals surface area contributed by atoms with Crippen LogP contribution in [0.4, 0.5) is 0 Å². The molecule has 158 valence electrons. The SMILES string of the molecule is CCCOc1ccc(S(=O)(=O)N2CCN(Cc3ccccc3)CC2)c2ccccc12. The predicted octanol–water partition coefficient (Wildman–Crippen LogP) is 4.14. The molecule has 5 nitrogen and oxygen atoms in total. The molecule has 4 rings (SSSR count). The number of benzene rings is 3. The molecule has 1 fully saturated rings. The first-order valence-electron chi connectivity index (χ1n) is 10.5. The van der Waals surface area contributed by atoms with Gasteiger partial charge in [-0.1, -0.05) is 61.5 Å². The van der Waals surface area contributed by atoms with Crippen LogP contribution < -0.4 is 4.74 Å². The number of nitrogens with zero attached hydrogens (tertiary/aromatic N) is 2. The van der Waals surface area contributed by atoms with Gasteiger partial charge in [0.2, 0.25) is 10.0 Å². The lowest BCUT2D eigenvalue weighted by Crippen LogP contribution is -2.48. The Morgan fingerprint density at radius 2 is 1.50 bits per heavy atom. The maximum absolute atomic E-state index is 13.5. The fraction of sp³-hybridized carbons (Fsp3) is 0.333. The summed E-state index contributed by atoms with van der Waals surface area (Å²) in [6, 6.07) is 21.4. The molecule has 1 aliphatic heterocycles. The molecule has 0 N–H and O–H groups in total. The van der Waals surface area contributed by atoms with E-state index in [-0.39, 0.29) is 0 Å². The van der Waals surface area contributed by atoms with Crippen LogP contribution in [-0.4, -0.2) is 50.4 Å². The van der Waals surface area contributed by atoms with Gasteiger partial charge >= 0.3 is 0 Å². The van der Waals surface area contributed by atoms with Gasteiger partial charge in [0.1, 0.15) is 5.75 Å². The number of hydrogen-bond donors (Lipinski definition) is 0. The Morgan fingerprint density at radius 1 is 0.833 bits per heavy atom. The minimum Gasteiger partial charge on any atom is -0.493 e. The normalized spacial score (nSPS) is 16.0. The highest BCUT2D eigenvalue weighted by molar-refractivity contribution is 7.89. The van der Waals surface area contributed by atoms with Crippen molar-refractivity contribution in [2.75, 3.05) is 32.8 Å². The maximum atomic E-state index is 13.5. The second-order valence-electron chi connectivity index (χ2n) is 7.62. The number of piperazine rings is 1. The molecule has 6 heteroatoms. The quantitative estimate of drug-likeness (QED) is 0.572. The molecular formula is C24H28N2O3S. The van der Waals surface area contributed by atoms with E-state index in [0.29, 0.717) is 24.6 Å². The summed E-state index contributed by atoms with van der Waals surface area (Å²) in [4.78, 5) is 2.67. The number of ether oxygens (including phenoxy) is 1. The van der Waals surface area contributed by atoms with Gasteiger partial charge in [-0.3, -0.25) is 4.90 Å². The molecule has 0 atom stereocenters. The summed E-state index contributed by atoms with van der Waals surface area (Å²) in [5, 5.41) is 1.56. The van der Waals surface area contributed by atoms with Crippen molar-refractivity contribution in [3.8, 4) is 5.75 Å². The predicted molar refractivity (Wildman–Crippen MR) is 120 cm³/mol. The van der Waals surface area contributed by atoms with Gasteiger partial charge in [-0.2, -0.15) is 4.31 Å². The van der Waals surface area contributed by atoms with E-state index in [0.717, 1.165) is 42.6 Å². The number of fused-ring (bicyclic) bond motifs is 1. The molecule has 30 heavy (non-hydrogen) atoms. The molecule has 0 aliphatic carbocycles. The maximum Gasteiger partial charge on any atom is 0.243 e. The lowest BCUT2D eigenvalue weighted by molar-refractivity contribution is 0.181. The summed E-state index contributed by atoms with van der Waals surface area (Å²) in [5.41, 5.74) is 1.25. The van der Waals surface area contributed by atoms with E-state index in [1.54, 1.807) is 16.4 Å². The average molecular weight is 425 g/mol. The largest absolute Gasteiger partial charge is 0.493 e. The fourth-order valence-electron chi connectivity index (χ4n) is 3.92. The van der Waals surface area contributed by atoms with Gasteiger partial charge in [0.15, 0.2) is 0 Å². The zero-order chi connectivity index (χ0) is 21.0. The Kier molecular flexibility index (Phi) is 6.37. The number of hydrogen-bond acceptors (Lipinski definition) is 4. The van der Waals surface area contributed by atoms with Gasteiger partial charge in [-0.05, 0) is 24.1 Å². The Hall–Kier alpha value is -2.41. The second kappa shape index (κ2) is 9.16. The van der Waals surface area contributed by atoms with Crippen molar-refractivity contribution >= 4 is 20.8 Å². The van der Waals surface area contributed by atoms with Crippen LogP contribution in [0, 0.1) is 0 Å². The monoisotopic (exact) mass is 424 g/mol. The molecule has 0 spiro atoms. The molecule has 1 heterocycles. The van der Waals surface area contributed by atoms with E-state index in [9.17, 15) is 8.42 Å². The first kappa shape index (κ1) is 20.8. The number of sulfonamides is 1. The number of rotatable bonds is 7. The molecule has 3 aromatic carbocycles. The van der Waals surface area contributed by atoms with Crippen LogP contribution in [0.5, 0.6) is 5.75 Å². The molecule has 1 saturated heterocycles. The summed E-state index contributed by atoms with van der Waals surface area (Å²) in [6.07, 6.45) is 0.904. The summed E-state index contributed by atoms with van der Waals surface area (Å²) in [5.74, 6) is 0.735. The van der Waals surface area contributed by atoms with Crippen LogP contribution in [0.3, 0.4) is 0 Å². The molecule has 0 saturated carbocycles. The highest BCUT2D eigenvalue weighted by Gasteiger charge is 2.30. The zero-order valence-electron chi connectivity index (χ0n) is 17.3. The first-order chi connectivity index (χ1) is 14.6. The summed E-state index contributed by atoms with van der Waals surface area (Å²) >= 11 is 0. The van der Waals surface area contributed by atoms with E-state index < -0.39 is 10.0 Å². The molecular weight excluding hydrogens is 396 g/mol. The van der Waals surface area contributed by atoms with Gasteiger partial charge < -0.3 is 4.74 Å². The molecule has 0 unspecified atom stereocenters. The smallest absolute Gasteiger partial charge is 0.243 e. The standard InChI is InChI=1S/C24H28N2O3S/c1-2-18-29-23-12-13-24(22-11-7-6-10-21(22)23)30(27,28)26-16-14-25(15-17-26)19-20-8-4-3-5-9-20/h3-13H,2,14-19H2,1H3. The van der Waals surface area contributed by atoms with Crippen LogP contribution in [0.2, 0.25) is 0 Å². The van der Waals surface area contributed by atoms with Crippen LogP contribution in [-0.2, 0) is 16.6 Å². The van der Waals surface area contributed by atoms with E-state index in [1.807, 2.05) is 42.5 Å². The highest BCUT2D eigenvalue weighted by Crippen LogP contribution is 2.33.